The topological polar surface area (TPSA) is 84.5 Å². The number of nitrogens with one attached hydrogen (secondary N) is 2. The summed E-state index contributed by atoms with van der Waals surface area (Å²) in [4.78, 5) is 12.8. The molecule has 0 bridgehead atoms. The summed E-state index contributed by atoms with van der Waals surface area (Å²) in [6, 6.07) is 12.3. The second-order valence-corrected chi connectivity index (χ2v) is 9.04. The van der Waals surface area contributed by atoms with E-state index in [2.05, 4.69) is 26.0 Å². The van der Waals surface area contributed by atoms with E-state index in [-0.39, 0.29) is 11.6 Å². The van der Waals surface area contributed by atoms with E-state index in [0.29, 0.717) is 11.4 Å². The van der Waals surface area contributed by atoms with Crippen molar-refractivity contribution in [3.8, 4) is 5.75 Å². The molecule has 0 spiro atoms. The monoisotopic (exact) mass is 440 g/mol. The molecule has 0 aliphatic heterocycles. The third-order valence-corrected chi connectivity index (χ3v) is 5.01. The number of sulfonamides is 1. The molecule has 0 radical (unpaired) electrons. The van der Waals surface area contributed by atoms with Crippen LogP contribution in [0, 0.1) is 0 Å². The van der Waals surface area contributed by atoms with Gasteiger partial charge in [0.05, 0.1) is 24.5 Å². The lowest BCUT2D eigenvalue weighted by molar-refractivity contribution is -0.120. The fourth-order valence-electron chi connectivity index (χ4n) is 2.35. The number of anilines is 2. The number of hydrogen-bond donors (Lipinski definition) is 2. The first kappa shape index (κ1) is 20.3. The Morgan fingerprint density at radius 2 is 1.73 bits per heavy atom. The zero-order chi connectivity index (χ0) is 19.5. The Hall–Kier alpha value is -2.06. The maximum atomic E-state index is 12.8. The molecular formula is C18H21BrN2O4S. The van der Waals surface area contributed by atoms with Gasteiger partial charge < -0.3 is 10.1 Å². The van der Waals surface area contributed by atoms with Crippen LogP contribution in [0.25, 0.3) is 0 Å². The quantitative estimate of drug-likeness (QED) is 0.715. The van der Waals surface area contributed by atoms with Gasteiger partial charge in [0.2, 0.25) is 15.9 Å². The first-order valence-corrected chi connectivity index (χ1v) is 10.4. The van der Waals surface area contributed by atoms with Gasteiger partial charge in [-0.25, -0.2) is 8.42 Å². The third-order valence-electron chi connectivity index (χ3n) is 3.89. The number of rotatable bonds is 6. The molecule has 2 rings (SSSR count). The Labute approximate surface area is 162 Å². The minimum atomic E-state index is -3.48. The number of carbonyl (C=O) groups is 1. The molecule has 8 heteroatoms. The molecule has 0 fully saturated rings. The molecule has 0 saturated carbocycles. The predicted octanol–water partition coefficient (Wildman–Crippen LogP) is 3.75. The van der Waals surface area contributed by atoms with Crippen molar-refractivity contribution < 1.29 is 17.9 Å². The maximum Gasteiger partial charge on any atom is 0.234 e. The summed E-state index contributed by atoms with van der Waals surface area (Å²) in [6.45, 7) is 3.65. The smallest absolute Gasteiger partial charge is 0.234 e. The molecule has 26 heavy (non-hydrogen) atoms. The number of hydrogen-bond acceptors (Lipinski definition) is 4. The fraction of sp³-hybridized carbons (Fsp3) is 0.278. The summed E-state index contributed by atoms with van der Waals surface area (Å²) in [5, 5.41) is 2.83. The van der Waals surface area contributed by atoms with Gasteiger partial charge in [0, 0.05) is 10.2 Å². The Morgan fingerprint density at radius 1 is 1.12 bits per heavy atom. The number of halogens is 1. The van der Waals surface area contributed by atoms with Crippen molar-refractivity contribution in [3.05, 3.63) is 52.5 Å². The second-order valence-electron chi connectivity index (χ2n) is 6.38. The minimum Gasteiger partial charge on any atom is -0.495 e. The molecule has 0 aliphatic carbocycles. The predicted molar refractivity (Wildman–Crippen MR) is 107 cm³/mol. The Kier molecular flexibility index (Phi) is 5.98. The lowest BCUT2D eigenvalue weighted by atomic mass is 9.83. The molecule has 2 aromatic rings. The highest BCUT2D eigenvalue weighted by atomic mass is 79.9. The number of carbonyl (C=O) groups excluding carboxylic acids is 1. The van der Waals surface area contributed by atoms with Crippen LogP contribution in [0.15, 0.2) is 46.9 Å². The van der Waals surface area contributed by atoms with E-state index in [1.807, 2.05) is 38.1 Å². The van der Waals surface area contributed by atoms with Crippen LogP contribution >= 0.6 is 15.9 Å². The van der Waals surface area contributed by atoms with Gasteiger partial charge in [0.1, 0.15) is 5.75 Å². The Bertz CT molecular complexity index is 909. The van der Waals surface area contributed by atoms with Crippen LogP contribution in [0.5, 0.6) is 5.75 Å². The van der Waals surface area contributed by atoms with Crippen molar-refractivity contribution in [2.75, 3.05) is 23.4 Å². The summed E-state index contributed by atoms with van der Waals surface area (Å²) in [6.07, 6.45) is 1.05. The van der Waals surface area contributed by atoms with E-state index in [4.69, 9.17) is 4.74 Å². The maximum absolute atomic E-state index is 12.8. The molecule has 0 atom stereocenters. The third kappa shape index (κ3) is 4.98. The molecule has 2 aromatic carbocycles. The summed E-state index contributed by atoms with van der Waals surface area (Å²) in [7, 11) is -2.04. The summed E-state index contributed by atoms with van der Waals surface area (Å²) in [5.41, 5.74) is 0.813. The van der Waals surface area contributed by atoms with Gasteiger partial charge in [-0.3, -0.25) is 9.52 Å². The zero-order valence-electron chi connectivity index (χ0n) is 15.0. The lowest BCUT2D eigenvalue weighted by Crippen LogP contribution is -2.34. The van der Waals surface area contributed by atoms with Crippen LogP contribution in [0.4, 0.5) is 11.4 Å². The van der Waals surface area contributed by atoms with Crippen LogP contribution in [-0.4, -0.2) is 27.7 Å². The van der Waals surface area contributed by atoms with Crippen LogP contribution in [0.3, 0.4) is 0 Å². The van der Waals surface area contributed by atoms with Crippen molar-refractivity contribution in [3.63, 3.8) is 0 Å². The van der Waals surface area contributed by atoms with E-state index >= 15 is 0 Å². The van der Waals surface area contributed by atoms with E-state index in [9.17, 15) is 13.2 Å². The van der Waals surface area contributed by atoms with Gasteiger partial charge in [-0.15, -0.1) is 0 Å². The van der Waals surface area contributed by atoms with E-state index in [1.165, 1.54) is 13.2 Å². The molecule has 0 unspecified atom stereocenters. The summed E-state index contributed by atoms with van der Waals surface area (Å²) >= 11 is 3.38. The average molecular weight is 441 g/mol. The molecule has 1 amide bonds. The number of benzene rings is 2. The van der Waals surface area contributed by atoms with E-state index in [0.717, 1.165) is 16.3 Å². The van der Waals surface area contributed by atoms with Gasteiger partial charge in [0.15, 0.2) is 0 Å². The van der Waals surface area contributed by atoms with Crippen LogP contribution in [0.2, 0.25) is 0 Å². The normalized spacial score (nSPS) is 11.7. The van der Waals surface area contributed by atoms with Crippen molar-refractivity contribution >= 4 is 43.2 Å². The average Bonchev–Trinajstić information content (AvgIpc) is 2.54. The van der Waals surface area contributed by atoms with Crippen molar-refractivity contribution in [1.29, 1.82) is 0 Å². The first-order valence-electron chi connectivity index (χ1n) is 7.76. The van der Waals surface area contributed by atoms with Crippen LogP contribution in [0.1, 0.15) is 19.4 Å². The van der Waals surface area contributed by atoms with Gasteiger partial charge in [-0.05, 0) is 49.7 Å². The highest BCUT2D eigenvalue weighted by Crippen LogP contribution is 2.31. The molecule has 140 valence electrons. The Morgan fingerprint density at radius 3 is 2.27 bits per heavy atom. The van der Waals surface area contributed by atoms with E-state index < -0.39 is 15.4 Å². The van der Waals surface area contributed by atoms with Crippen molar-refractivity contribution in [2.24, 2.45) is 0 Å². The van der Waals surface area contributed by atoms with Gasteiger partial charge in [0.25, 0.3) is 0 Å². The van der Waals surface area contributed by atoms with Gasteiger partial charge in [-0.1, -0.05) is 28.1 Å². The SMILES string of the molecule is COc1ccc(NC(=O)C(C)(C)c2ccc(Br)cc2)cc1NS(C)(=O)=O. The fourth-order valence-corrected chi connectivity index (χ4v) is 3.17. The van der Waals surface area contributed by atoms with E-state index in [1.54, 1.807) is 12.1 Å². The highest BCUT2D eigenvalue weighted by molar-refractivity contribution is 9.10. The first-order chi connectivity index (χ1) is 12.0. The number of amides is 1. The highest BCUT2D eigenvalue weighted by Gasteiger charge is 2.30. The zero-order valence-corrected chi connectivity index (χ0v) is 17.4. The molecule has 0 saturated heterocycles. The largest absolute Gasteiger partial charge is 0.495 e. The molecule has 0 aromatic heterocycles. The van der Waals surface area contributed by atoms with Gasteiger partial charge >= 0.3 is 0 Å². The van der Waals surface area contributed by atoms with Gasteiger partial charge in [-0.2, -0.15) is 0 Å². The molecule has 2 N–H and O–H groups in total. The molecule has 0 aliphatic rings. The second kappa shape index (κ2) is 7.67. The van der Waals surface area contributed by atoms with Crippen LogP contribution < -0.4 is 14.8 Å². The van der Waals surface area contributed by atoms with Crippen molar-refractivity contribution in [2.45, 2.75) is 19.3 Å². The molecular weight excluding hydrogens is 420 g/mol. The minimum absolute atomic E-state index is 0.213. The van der Waals surface area contributed by atoms with Crippen LogP contribution in [-0.2, 0) is 20.2 Å². The summed E-state index contributed by atoms with van der Waals surface area (Å²) < 4.78 is 31.5. The molecule has 6 nitrogen and oxygen atoms in total. The standard InChI is InChI=1S/C18H21BrN2O4S/c1-18(2,12-5-7-13(19)8-6-12)17(22)20-14-9-10-16(25-3)15(11-14)21-26(4,23)24/h5-11,21H,1-4H3,(H,20,22). The lowest BCUT2D eigenvalue weighted by Gasteiger charge is -2.24. The molecule has 0 heterocycles. The number of methoxy groups -OCH3 is 1. The summed E-state index contributed by atoms with van der Waals surface area (Å²) in [5.74, 6) is 0.149. The Balaban J connectivity index is 2.28. The van der Waals surface area contributed by atoms with Crippen molar-refractivity contribution in [1.82, 2.24) is 0 Å². The number of ether oxygens (including phenoxy) is 1.